The van der Waals surface area contributed by atoms with E-state index in [2.05, 4.69) is 25.6 Å². The first kappa shape index (κ1) is 21.3. The van der Waals surface area contributed by atoms with Gasteiger partial charge in [0, 0.05) is 17.4 Å². The Bertz CT molecular complexity index is 1190. The van der Waals surface area contributed by atoms with E-state index in [1.165, 1.54) is 6.07 Å². The highest BCUT2D eigenvalue weighted by molar-refractivity contribution is 5.98. The topological polar surface area (TPSA) is 189 Å². The number of nitrogens with two attached hydrogens (primary N) is 2. The Labute approximate surface area is 176 Å². The maximum Gasteiger partial charge on any atom is 0.267 e. The van der Waals surface area contributed by atoms with Crippen molar-refractivity contribution >= 4 is 29.3 Å². The third-order valence-corrected chi connectivity index (χ3v) is 4.41. The van der Waals surface area contributed by atoms with Gasteiger partial charge in [-0.2, -0.15) is 4.98 Å². The molecule has 0 aliphatic heterocycles. The summed E-state index contributed by atoms with van der Waals surface area (Å²) >= 11 is 0. The second-order valence-corrected chi connectivity index (χ2v) is 6.59. The van der Waals surface area contributed by atoms with Gasteiger partial charge in [-0.15, -0.1) is 0 Å². The van der Waals surface area contributed by atoms with Gasteiger partial charge in [-0.05, 0) is 30.7 Å². The number of aromatic hydroxyl groups is 1. The summed E-state index contributed by atoms with van der Waals surface area (Å²) in [5.41, 5.74) is 10.9. The van der Waals surface area contributed by atoms with Gasteiger partial charge in [0.2, 0.25) is 11.9 Å². The minimum Gasteiger partial charge on any atom is -0.506 e. The van der Waals surface area contributed by atoms with Gasteiger partial charge in [0.05, 0.1) is 0 Å². The fourth-order valence-corrected chi connectivity index (χ4v) is 2.90. The van der Waals surface area contributed by atoms with Crippen molar-refractivity contribution in [3.63, 3.8) is 0 Å². The van der Waals surface area contributed by atoms with Crippen molar-refractivity contribution in [3.8, 4) is 17.0 Å². The Morgan fingerprint density at radius 3 is 2.65 bits per heavy atom. The maximum absolute atomic E-state index is 12.4. The van der Waals surface area contributed by atoms with Crippen LogP contribution in [0.2, 0.25) is 0 Å². The molecule has 0 aliphatic carbocycles. The summed E-state index contributed by atoms with van der Waals surface area (Å²) in [4.78, 5) is 46.5. The Morgan fingerprint density at radius 2 is 2.00 bits per heavy atom. The third-order valence-electron chi connectivity index (χ3n) is 4.41. The molecule has 31 heavy (non-hydrogen) atoms. The summed E-state index contributed by atoms with van der Waals surface area (Å²) in [5.74, 6) is -1.78. The number of benzene rings is 1. The lowest BCUT2D eigenvalue weighted by Crippen LogP contribution is -2.36. The average Bonchev–Trinajstić information content (AvgIpc) is 2.71. The zero-order chi connectivity index (χ0) is 22.5. The van der Waals surface area contributed by atoms with E-state index in [9.17, 15) is 19.5 Å². The Hall–Kier alpha value is -4.41. The SMILES string of the molecule is CC[C@@H](Nc1nc(Nc2cccc(-c3ncccc3O)c2)c(C(N)=O)c(=O)[nH]1)C(N)=O. The van der Waals surface area contributed by atoms with Crippen molar-refractivity contribution < 1.29 is 14.7 Å². The van der Waals surface area contributed by atoms with E-state index in [1.54, 1.807) is 43.5 Å². The van der Waals surface area contributed by atoms with Crippen molar-refractivity contribution in [1.29, 1.82) is 0 Å². The number of H-pyrrole nitrogens is 1. The molecule has 0 unspecified atom stereocenters. The molecule has 0 saturated heterocycles. The summed E-state index contributed by atoms with van der Waals surface area (Å²) < 4.78 is 0. The van der Waals surface area contributed by atoms with E-state index >= 15 is 0 Å². The summed E-state index contributed by atoms with van der Waals surface area (Å²) in [6.07, 6.45) is 1.90. The van der Waals surface area contributed by atoms with Gasteiger partial charge in [-0.25, -0.2) is 0 Å². The average molecular weight is 423 g/mol. The number of aromatic amines is 1. The minimum atomic E-state index is -0.983. The molecule has 1 aromatic carbocycles. The molecule has 0 bridgehead atoms. The van der Waals surface area contributed by atoms with Crippen LogP contribution in [0.4, 0.5) is 17.5 Å². The fraction of sp³-hybridized carbons (Fsp3) is 0.150. The normalized spacial score (nSPS) is 11.5. The van der Waals surface area contributed by atoms with Crippen LogP contribution in [0, 0.1) is 0 Å². The van der Waals surface area contributed by atoms with Gasteiger partial charge < -0.3 is 27.2 Å². The molecular weight excluding hydrogens is 402 g/mol. The molecule has 11 nitrogen and oxygen atoms in total. The van der Waals surface area contributed by atoms with Crippen LogP contribution in [0.1, 0.15) is 23.7 Å². The van der Waals surface area contributed by atoms with Crippen LogP contribution in [0.25, 0.3) is 11.3 Å². The number of primary amides is 2. The summed E-state index contributed by atoms with van der Waals surface area (Å²) in [5, 5.41) is 15.7. The predicted octanol–water partition coefficient (Wildman–Crippen LogP) is 1.06. The lowest BCUT2D eigenvalue weighted by Gasteiger charge is -2.16. The number of anilines is 3. The van der Waals surface area contributed by atoms with Crippen molar-refractivity contribution in [2.24, 2.45) is 11.5 Å². The van der Waals surface area contributed by atoms with Gasteiger partial charge in [0.1, 0.15) is 23.0 Å². The highest BCUT2D eigenvalue weighted by Crippen LogP contribution is 2.29. The standard InChI is InChI=1S/C20H21N7O4/c1-2-12(16(21)29)25-20-26-18(14(17(22)30)19(31)27-20)24-11-6-3-5-10(9-11)15-13(28)7-4-8-23-15/h3-9,12,28H,2H2,1H3,(H2,21,29)(H2,22,30)(H3,24,25,26,27,31)/t12-/m1/s1. The Kier molecular flexibility index (Phi) is 6.15. The molecule has 2 aromatic heterocycles. The minimum absolute atomic E-state index is 0.00435. The molecule has 8 N–H and O–H groups in total. The van der Waals surface area contributed by atoms with Crippen LogP contribution in [0.5, 0.6) is 5.75 Å². The van der Waals surface area contributed by atoms with Crippen LogP contribution >= 0.6 is 0 Å². The molecule has 0 aliphatic rings. The van der Waals surface area contributed by atoms with Gasteiger partial charge >= 0.3 is 0 Å². The fourth-order valence-electron chi connectivity index (χ4n) is 2.90. The number of carbonyl (C=O) groups is 2. The van der Waals surface area contributed by atoms with Gasteiger partial charge in [0.25, 0.3) is 11.5 Å². The van der Waals surface area contributed by atoms with Crippen LogP contribution in [0.3, 0.4) is 0 Å². The molecule has 2 amide bonds. The number of carbonyl (C=O) groups excluding carboxylic acids is 2. The first-order valence-corrected chi connectivity index (χ1v) is 9.31. The number of rotatable bonds is 8. The Balaban J connectivity index is 2.01. The zero-order valence-electron chi connectivity index (χ0n) is 16.5. The van der Waals surface area contributed by atoms with E-state index < -0.39 is 23.4 Å². The molecule has 3 aromatic rings. The zero-order valence-corrected chi connectivity index (χ0v) is 16.5. The van der Waals surface area contributed by atoms with Crippen molar-refractivity contribution in [3.05, 3.63) is 58.5 Å². The third kappa shape index (κ3) is 4.78. The van der Waals surface area contributed by atoms with Crippen molar-refractivity contribution in [2.75, 3.05) is 10.6 Å². The molecule has 11 heteroatoms. The molecule has 2 heterocycles. The molecule has 1 atom stereocenters. The van der Waals surface area contributed by atoms with E-state index in [-0.39, 0.29) is 23.1 Å². The second-order valence-electron chi connectivity index (χ2n) is 6.59. The number of pyridine rings is 1. The van der Waals surface area contributed by atoms with E-state index in [0.29, 0.717) is 23.4 Å². The molecule has 3 rings (SSSR count). The van der Waals surface area contributed by atoms with E-state index in [4.69, 9.17) is 11.5 Å². The van der Waals surface area contributed by atoms with Gasteiger partial charge in [0.15, 0.2) is 5.82 Å². The highest BCUT2D eigenvalue weighted by Gasteiger charge is 2.20. The van der Waals surface area contributed by atoms with E-state index in [1.807, 2.05) is 0 Å². The molecule has 0 spiro atoms. The monoisotopic (exact) mass is 423 g/mol. The molecule has 0 saturated carbocycles. The van der Waals surface area contributed by atoms with E-state index in [0.717, 1.165) is 0 Å². The van der Waals surface area contributed by atoms with Gasteiger partial charge in [-0.1, -0.05) is 19.1 Å². The maximum atomic E-state index is 12.4. The van der Waals surface area contributed by atoms with Crippen molar-refractivity contribution in [2.45, 2.75) is 19.4 Å². The van der Waals surface area contributed by atoms with Crippen LogP contribution in [-0.2, 0) is 4.79 Å². The lowest BCUT2D eigenvalue weighted by atomic mass is 10.1. The molecule has 0 radical (unpaired) electrons. The number of aromatic nitrogens is 3. The first-order chi connectivity index (χ1) is 14.8. The number of amides is 2. The van der Waals surface area contributed by atoms with Crippen LogP contribution < -0.4 is 27.7 Å². The van der Waals surface area contributed by atoms with Gasteiger partial charge in [-0.3, -0.25) is 24.4 Å². The van der Waals surface area contributed by atoms with Crippen molar-refractivity contribution in [1.82, 2.24) is 15.0 Å². The van der Waals surface area contributed by atoms with Crippen LogP contribution in [-0.4, -0.2) is 37.9 Å². The number of nitrogens with one attached hydrogen (secondary N) is 3. The van der Waals surface area contributed by atoms with Crippen LogP contribution in [0.15, 0.2) is 47.4 Å². The Morgan fingerprint density at radius 1 is 1.23 bits per heavy atom. The predicted molar refractivity (Wildman–Crippen MR) is 115 cm³/mol. The molecule has 160 valence electrons. The summed E-state index contributed by atoms with van der Waals surface area (Å²) in [6.45, 7) is 1.73. The quantitative estimate of drug-likeness (QED) is 0.310. The summed E-state index contributed by atoms with van der Waals surface area (Å²) in [6, 6.07) is 9.09. The number of hydrogen-bond donors (Lipinski definition) is 6. The largest absolute Gasteiger partial charge is 0.506 e. The second kappa shape index (κ2) is 8.95. The lowest BCUT2D eigenvalue weighted by molar-refractivity contribution is -0.118. The summed E-state index contributed by atoms with van der Waals surface area (Å²) in [7, 11) is 0. The number of hydrogen-bond acceptors (Lipinski definition) is 8. The highest BCUT2D eigenvalue weighted by atomic mass is 16.3. The number of nitrogens with zero attached hydrogens (tertiary/aromatic N) is 2. The first-order valence-electron chi connectivity index (χ1n) is 9.31. The molecular formula is C20H21N7O4. The smallest absolute Gasteiger partial charge is 0.267 e. The molecule has 0 fully saturated rings.